The summed E-state index contributed by atoms with van der Waals surface area (Å²) in [6, 6.07) is 16.9. The molecule has 0 saturated carbocycles. The minimum atomic E-state index is -3.94. The molecule has 4 aromatic rings. The van der Waals surface area contributed by atoms with E-state index >= 15 is 0 Å². The van der Waals surface area contributed by atoms with E-state index in [-0.39, 0.29) is 27.6 Å². The quantitative estimate of drug-likeness (QED) is 0.0572. The molecule has 19 nitrogen and oxygen atoms in total. The molecule has 20 heteroatoms. The van der Waals surface area contributed by atoms with Crippen LogP contribution in [0.4, 0.5) is 38.0 Å². The number of aryl methyl sites for hydroxylation is 1. The van der Waals surface area contributed by atoms with Gasteiger partial charge in [0, 0.05) is 36.6 Å². The van der Waals surface area contributed by atoms with Gasteiger partial charge in [0.25, 0.3) is 11.6 Å². The molecule has 0 heterocycles. The third-order valence-corrected chi connectivity index (χ3v) is 9.72. The molecule has 0 aromatic heterocycles. The molecule has 0 radical (unpaired) electrons. The van der Waals surface area contributed by atoms with Crippen molar-refractivity contribution in [2.75, 3.05) is 48.1 Å². The highest BCUT2D eigenvalue weighted by Gasteiger charge is 2.31. The molecule has 292 valence electrons. The van der Waals surface area contributed by atoms with Crippen molar-refractivity contribution in [3.05, 3.63) is 110 Å². The summed E-state index contributed by atoms with van der Waals surface area (Å²) in [5, 5.41) is 37.5. The predicted octanol–water partition coefficient (Wildman–Crippen LogP) is 6.39. The lowest BCUT2D eigenvalue weighted by Crippen LogP contribution is -2.23. The number of hydrogen-bond donors (Lipinski definition) is 2. The van der Waals surface area contributed by atoms with Gasteiger partial charge >= 0.3 is 17.9 Å². The van der Waals surface area contributed by atoms with E-state index in [1.807, 2.05) is 19.9 Å². The Kier molecular flexibility index (Phi) is 13.5. The monoisotopic (exact) mass is 790 g/mol. The van der Waals surface area contributed by atoms with Crippen LogP contribution in [0.1, 0.15) is 35.3 Å². The number of methoxy groups -OCH3 is 1. The number of nitro groups is 2. The molecule has 4 rings (SSSR count). The van der Waals surface area contributed by atoms with Gasteiger partial charge in [0.2, 0.25) is 5.75 Å². The number of nitrogens with zero attached hydrogens (tertiary/aromatic N) is 4. The number of nitrogens with one attached hydrogen (secondary N) is 2. The number of ether oxygens (including phenoxy) is 4. The number of amides is 2. The summed E-state index contributed by atoms with van der Waals surface area (Å²) < 4.78 is 45.9. The number of hydrogen-bond acceptors (Lipinski definition) is 15. The topological polar surface area (TPSA) is 260 Å². The molecule has 0 unspecified atom stereocenters. The van der Waals surface area contributed by atoms with Crippen LogP contribution in [0.15, 0.2) is 77.7 Å². The van der Waals surface area contributed by atoms with E-state index < -0.39 is 78.6 Å². The molecule has 4 aromatic carbocycles. The second-order valence-electron chi connectivity index (χ2n) is 11.5. The number of carbonyl (C=O) groups is 3. The lowest BCUT2D eigenvalue weighted by molar-refractivity contribution is -0.394. The average molecular weight is 791 g/mol. The molecule has 2 amide bonds. The Labute approximate surface area is 319 Å². The second-order valence-corrected chi connectivity index (χ2v) is 13.6. The summed E-state index contributed by atoms with van der Waals surface area (Å²) in [5.41, 5.74) is -1.06. The fourth-order valence-electron chi connectivity index (χ4n) is 5.13. The van der Waals surface area contributed by atoms with Crippen LogP contribution in [0.2, 0.25) is 0 Å². The Bertz CT molecular complexity index is 2320. The van der Waals surface area contributed by atoms with E-state index in [0.717, 1.165) is 24.8 Å². The molecule has 0 spiro atoms. The number of sulfone groups is 1. The van der Waals surface area contributed by atoms with E-state index in [9.17, 15) is 43.0 Å². The van der Waals surface area contributed by atoms with E-state index in [4.69, 9.17) is 24.2 Å². The van der Waals surface area contributed by atoms with Crippen molar-refractivity contribution in [1.82, 2.24) is 0 Å². The number of benzene rings is 4. The highest BCUT2D eigenvalue weighted by Crippen LogP contribution is 2.38. The Morgan fingerprint density at radius 2 is 1.55 bits per heavy atom. The molecule has 0 bridgehead atoms. The van der Waals surface area contributed by atoms with Crippen LogP contribution in [0.5, 0.6) is 17.2 Å². The Hall–Kier alpha value is -7.27. The van der Waals surface area contributed by atoms with Crippen LogP contribution in [0.3, 0.4) is 0 Å². The van der Waals surface area contributed by atoms with E-state index in [1.165, 1.54) is 43.5 Å². The molecular formula is C36H34N6O13S. The van der Waals surface area contributed by atoms with Gasteiger partial charge < -0.3 is 29.2 Å². The van der Waals surface area contributed by atoms with Crippen molar-refractivity contribution < 1.29 is 51.6 Å². The SMILES string of the molecule is CCN(CC)c1ccc(NC(=O)Oc2c(C(=O)Nc3ccc(OC)cc3OC(=O)OCCS(=O)(=O)c3ccc(C#N)cc3)cc([N+](=O)[O-])cc2[N+](=O)[O-])c(C)c1. The van der Waals surface area contributed by atoms with E-state index in [1.54, 1.807) is 25.1 Å². The smallest absolute Gasteiger partial charge is 0.497 e. The largest absolute Gasteiger partial charge is 0.513 e. The van der Waals surface area contributed by atoms with Gasteiger partial charge in [0.1, 0.15) is 12.4 Å². The first-order valence-electron chi connectivity index (χ1n) is 16.5. The minimum absolute atomic E-state index is 0.112. The maximum atomic E-state index is 13.7. The minimum Gasteiger partial charge on any atom is -0.497 e. The van der Waals surface area contributed by atoms with Gasteiger partial charge in [-0.05, 0) is 80.9 Å². The van der Waals surface area contributed by atoms with Gasteiger partial charge in [0.05, 0.1) is 56.6 Å². The summed E-state index contributed by atoms with van der Waals surface area (Å²) in [5.74, 6) is -3.16. The number of nitro benzene ring substituents is 2. The number of nitriles is 1. The highest BCUT2D eigenvalue weighted by molar-refractivity contribution is 7.91. The molecule has 0 aliphatic carbocycles. The lowest BCUT2D eigenvalue weighted by atomic mass is 10.1. The predicted molar refractivity (Wildman–Crippen MR) is 200 cm³/mol. The summed E-state index contributed by atoms with van der Waals surface area (Å²) in [6.45, 7) is 6.45. The second kappa shape index (κ2) is 18.2. The fraction of sp³-hybridized carbons (Fsp3) is 0.222. The van der Waals surface area contributed by atoms with Crippen LogP contribution in [-0.2, 0) is 14.6 Å². The maximum Gasteiger partial charge on any atom is 0.513 e. The third kappa shape index (κ3) is 10.2. The van der Waals surface area contributed by atoms with Crippen molar-refractivity contribution in [3.8, 4) is 23.3 Å². The van der Waals surface area contributed by atoms with Gasteiger partial charge in [-0.3, -0.25) is 30.3 Å². The Morgan fingerprint density at radius 3 is 2.14 bits per heavy atom. The molecule has 0 aliphatic rings. The first-order chi connectivity index (χ1) is 26.6. The van der Waals surface area contributed by atoms with Gasteiger partial charge in [-0.25, -0.2) is 18.0 Å². The number of anilines is 3. The van der Waals surface area contributed by atoms with Crippen LogP contribution >= 0.6 is 0 Å². The summed E-state index contributed by atoms with van der Waals surface area (Å²) in [6.07, 6.45) is -2.66. The van der Waals surface area contributed by atoms with Crippen LogP contribution < -0.4 is 29.7 Å². The van der Waals surface area contributed by atoms with Crippen LogP contribution in [0.25, 0.3) is 0 Å². The standard InChI is InChI=1S/C36H34N6O13S/c1-5-40(6-2)24-9-13-29(22(3)17-24)39-35(44)55-33-28(18-25(41(46)47)19-31(33)42(48)49)34(43)38-30-14-10-26(52-4)20-32(30)54-36(45)53-15-16-56(50,51)27-11-7-23(21-37)8-12-27/h7-14,17-20H,5-6,15-16H2,1-4H3,(H,38,43)(H,39,44). The van der Waals surface area contributed by atoms with E-state index in [2.05, 4.69) is 15.5 Å². The summed E-state index contributed by atoms with van der Waals surface area (Å²) in [7, 11) is -2.66. The van der Waals surface area contributed by atoms with Gasteiger partial charge in [-0.15, -0.1) is 0 Å². The van der Waals surface area contributed by atoms with Crippen molar-refractivity contribution in [3.63, 3.8) is 0 Å². The average Bonchev–Trinajstić information content (AvgIpc) is 3.16. The van der Waals surface area contributed by atoms with Crippen molar-refractivity contribution in [1.29, 1.82) is 5.26 Å². The number of non-ortho nitro benzene ring substituents is 1. The first-order valence-corrected chi connectivity index (χ1v) is 18.1. The molecule has 0 fully saturated rings. The first kappa shape index (κ1) is 41.5. The molecule has 0 aliphatic heterocycles. The van der Waals surface area contributed by atoms with E-state index in [0.29, 0.717) is 17.7 Å². The highest BCUT2D eigenvalue weighted by atomic mass is 32.2. The van der Waals surface area contributed by atoms with Gasteiger partial charge in [0.15, 0.2) is 15.6 Å². The fourth-order valence-corrected chi connectivity index (χ4v) is 6.22. The van der Waals surface area contributed by atoms with Crippen molar-refractivity contribution in [2.24, 2.45) is 0 Å². The van der Waals surface area contributed by atoms with Crippen molar-refractivity contribution in [2.45, 2.75) is 25.7 Å². The zero-order valence-electron chi connectivity index (χ0n) is 30.3. The molecule has 56 heavy (non-hydrogen) atoms. The molecule has 0 atom stereocenters. The Morgan fingerprint density at radius 1 is 0.875 bits per heavy atom. The zero-order chi connectivity index (χ0) is 41.2. The Balaban J connectivity index is 1.59. The van der Waals surface area contributed by atoms with Gasteiger partial charge in [-0.1, -0.05) is 0 Å². The molecule has 0 saturated heterocycles. The van der Waals surface area contributed by atoms with Crippen LogP contribution in [-0.4, -0.2) is 69.0 Å². The lowest BCUT2D eigenvalue weighted by Gasteiger charge is -2.22. The third-order valence-electron chi connectivity index (χ3n) is 8.02. The summed E-state index contributed by atoms with van der Waals surface area (Å²) in [4.78, 5) is 63.2. The summed E-state index contributed by atoms with van der Waals surface area (Å²) >= 11 is 0. The number of carbonyl (C=O) groups excluding carboxylic acids is 3. The molecular weight excluding hydrogens is 756 g/mol. The maximum absolute atomic E-state index is 13.7. The van der Waals surface area contributed by atoms with Gasteiger partial charge in [-0.2, -0.15) is 5.26 Å². The molecule has 2 N–H and O–H groups in total. The normalized spacial score (nSPS) is 10.7. The van der Waals surface area contributed by atoms with Crippen molar-refractivity contribution >= 4 is 56.4 Å². The number of rotatable bonds is 15. The van der Waals surface area contributed by atoms with Crippen LogP contribution in [0, 0.1) is 38.5 Å². The zero-order valence-corrected chi connectivity index (χ0v) is 31.1.